The Morgan fingerprint density at radius 1 is 1.25 bits per heavy atom. The van der Waals surface area contributed by atoms with Crippen molar-refractivity contribution in [2.24, 2.45) is 0 Å². The second-order valence-corrected chi connectivity index (χ2v) is 6.89. The Morgan fingerprint density at radius 2 is 1.95 bits per heavy atom. The average molecular weight is 359 g/mol. The summed E-state index contributed by atoms with van der Waals surface area (Å²) in [6.07, 6.45) is 0. The van der Waals surface area contributed by atoms with Crippen LogP contribution in [-0.2, 0) is 13.6 Å². The fourth-order valence-electron chi connectivity index (χ4n) is 1.76. The molecule has 20 heavy (non-hydrogen) atoms. The highest BCUT2D eigenvalue weighted by atomic mass is 79.9. The van der Waals surface area contributed by atoms with Gasteiger partial charge in [0.15, 0.2) is 0 Å². The molecule has 2 aromatic rings. The molecule has 0 aliphatic rings. The lowest BCUT2D eigenvalue weighted by molar-refractivity contribution is 0.229. The number of aromatic amines is 1. The lowest BCUT2D eigenvalue weighted by atomic mass is 10.2. The molecule has 0 saturated heterocycles. The van der Waals surface area contributed by atoms with Crippen LogP contribution < -0.4 is 5.44 Å². The maximum absolute atomic E-state index is 12.6. The Labute approximate surface area is 126 Å². The molecule has 0 atom stereocenters. The highest BCUT2D eigenvalue weighted by molar-refractivity contribution is 9.10. The van der Waals surface area contributed by atoms with Crippen LogP contribution in [0.4, 0.5) is 0 Å². The summed E-state index contributed by atoms with van der Waals surface area (Å²) in [5, 5.41) is 6.94. The van der Waals surface area contributed by atoms with Crippen molar-refractivity contribution in [1.82, 2.24) is 10.2 Å². The normalized spacial score (nSPS) is 11.8. The number of H-pyrrole nitrogens is 1. The lowest BCUT2D eigenvalue weighted by Gasteiger charge is -2.14. The van der Waals surface area contributed by atoms with Crippen LogP contribution in [0.2, 0.25) is 0 Å². The molecule has 0 spiro atoms. The first-order chi connectivity index (χ1) is 9.59. The number of nitrogens with one attached hydrogen (secondary N) is 1. The van der Waals surface area contributed by atoms with Crippen LogP contribution in [0.5, 0.6) is 0 Å². The Kier molecular flexibility index (Phi) is 5.16. The van der Waals surface area contributed by atoms with Crippen LogP contribution in [-0.4, -0.2) is 23.4 Å². The zero-order valence-electron chi connectivity index (χ0n) is 11.3. The molecule has 0 saturated carbocycles. The van der Waals surface area contributed by atoms with Crippen molar-refractivity contribution in [2.45, 2.75) is 13.8 Å². The summed E-state index contributed by atoms with van der Waals surface area (Å²) in [5.41, 5.74) is 1.98. The predicted octanol–water partition coefficient (Wildman–Crippen LogP) is 3.73. The number of rotatable bonds is 6. The van der Waals surface area contributed by atoms with E-state index in [1.54, 1.807) is 19.9 Å². The molecule has 0 aliphatic heterocycles. The van der Waals surface area contributed by atoms with Gasteiger partial charge in [0.05, 0.1) is 18.9 Å². The quantitative estimate of drug-likeness (QED) is 0.799. The molecular weight excluding hydrogens is 343 g/mol. The molecule has 5 nitrogen and oxygen atoms in total. The van der Waals surface area contributed by atoms with Crippen molar-refractivity contribution in [3.8, 4) is 11.3 Å². The molecule has 0 aliphatic carbocycles. The first-order valence-corrected chi connectivity index (χ1v) is 8.63. The largest absolute Gasteiger partial charge is 0.378 e. The lowest BCUT2D eigenvalue weighted by Crippen LogP contribution is -2.11. The number of aromatic nitrogens is 2. The minimum Gasteiger partial charge on any atom is -0.304 e. The van der Waals surface area contributed by atoms with E-state index < -0.39 is 7.60 Å². The Morgan fingerprint density at radius 3 is 2.55 bits per heavy atom. The molecule has 0 fully saturated rings. The third-order valence-electron chi connectivity index (χ3n) is 2.58. The third kappa shape index (κ3) is 3.38. The summed E-state index contributed by atoms with van der Waals surface area (Å²) in [7, 11) is -3.31. The van der Waals surface area contributed by atoms with Gasteiger partial charge in [-0.15, -0.1) is 0 Å². The summed E-state index contributed by atoms with van der Waals surface area (Å²) in [5.74, 6) is 0. The van der Waals surface area contributed by atoms with Gasteiger partial charge in [-0.25, -0.2) is 0 Å². The summed E-state index contributed by atoms with van der Waals surface area (Å²) in [4.78, 5) is 0. The molecule has 1 aromatic carbocycles. The van der Waals surface area contributed by atoms with E-state index in [-0.39, 0.29) is 0 Å². The smallest absolute Gasteiger partial charge is 0.304 e. The van der Waals surface area contributed by atoms with Crippen LogP contribution in [0.25, 0.3) is 11.3 Å². The van der Waals surface area contributed by atoms with Gasteiger partial charge < -0.3 is 9.05 Å². The second kappa shape index (κ2) is 6.68. The average Bonchev–Trinajstić information content (AvgIpc) is 2.89. The number of hydrogen-bond acceptors (Lipinski definition) is 4. The predicted molar refractivity (Wildman–Crippen MR) is 82.2 cm³/mol. The first-order valence-electron chi connectivity index (χ1n) is 6.30. The van der Waals surface area contributed by atoms with E-state index >= 15 is 0 Å². The fraction of sp³-hybridized carbons (Fsp3) is 0.308. The first kappa shape index (κ1) is 15.4. The van der Waals surface area contributed by atoms with Gasteiger partial charge in [0.25, 0.3) is 0 Å². The number of hydrogen-bond donors (Lipinski definition) is 1. The minimum absolute atomic E-state index is 0.308. The topological polar surface area (TPSA) is 64.2 Å². The van der Waals surface area contributed by atoms with Crippen molar-refractivity contribution >= 4 is 29.0 Å². The molecule has 0 radical (unpaired) electrons. The van der Waals surface area contributed by atoms with E-state index in [1.807, 2.05) is 24.3 Å². The van der Waals surface area contributed by atoms with Crippen LogP contribution in [0, 0.1) is 0 Å². The monoisotopic (exact) mass is 358 g/mol. The van der Waals surface area contributed by atoms with Crippen LogP contribution in [0.1, 0.15) is 13.8 Å². The van der Waals surface area contributed by atoms with Gasteiger partial charge in [-0.1, -0.05) is 28.1 Å². The van der Waals surface area contributed by atoms with Crippen LogP contribution in [0.3, 0.4) is 0 Å². The molecule has 2 rings (SSSR count). The van der Waals surface area contributed by atoms with E-state index in [9.17, 15) is 4.57 Å². The van der Waals surface area contributed by atoms with Crippen molar-refractivity contribution in [3.63, 3.8) is 0 Å². The Bertz CT molecular complexity index is 620. The van der Waals surface area contributed by atoms with Gasteiger partial charge in [-0.05, 0) is 32.0 Å². The summed E-state index contributed by atoms with van der Waals surface area (Å²) in [6.45, 7) is 4.17. The van der Waals surface area contributed by atoms with E-state index in [0.29, 0.717) is 24.3 Å². The zero-order valence-corrected chi connectivity index (χ0v) is 13.8. The molecule has 7 heteroatoms. The van der Waals surface area contributed by atoms with Gasteiger partial charge in [-0.3, -0.25) is 9.66 Å². The zero-order chi connectivity index (χ0) is 14.6. The maximum Gasteiger partial charge on any atom is 0.378 e. The van der Waals surface area contributed by atoms with Crippen molar-refractivity contribution < 1.29 is 13.6 Å². The second-order valence-electron chi connectivity index (χ2n) is 3.98. The standard InChI is InChI=1S/C13H16BrN2O3P/c1-3-18-20(17,19-4-2)13-9-12(15-16-13)10-6-5-7-11(14)8-10/h5-9H,3-4H2,1-2H3,(H,15,16). The molecule has 0 unspecified atom stereocenters. The third-order valence-corrected chi connectivity index (χ3v) is 5.09. The summed E-state index contributed by atoms with van der Waals surface area (Å²) >= 11 is 3.41. The van der Waals surface area contributed by atoms with E-state index in [2.05, 4.69) is 26.1 Å². The maximum atomic E-state index is 12.6. The Hall–Kier alpha value is -0.940. The number of halogens is 1. The van der Waals surface area contributed by atoms with Crippen molar-refractivity contribution in [2.75, 3.05) is 13.2 Å². The minimum atomic E-state index is -3.31. The number of benzene rings is 1. The van der Waals surface area contributed by atoms with Gasteiger partial charge in [0.2, 0.25) is 0 Å². The Balaban J connectivity index is 2.34. The summed E-state index contributed by atoms with van der Waals surface area (Å²) < 4.78 is 24.1. The number of nitrogens with zero attached hydrogens (tertiary/aromatic N) is 1. The van der Waals surface area contributed by atoms with Gasteiger partial charge >= 0.3 is 7.60 Å². The fourth-order valence-corrected chi connectivity index (χ4v) is 3.65. The SMILES string of the molecule is CCOP(=O)(OCC)c1cc(-c2cccc(Br)c2)n[nH]1. The molecule has 108 valence electrons. The highest BCUT2D eigenvalue weighted by Gasteiger charge is 2.29. The molecule has 0 bridgehead atoms. The van der Waals surface area contributed by atoms with Gasteiger partial charge in [0.1, 0.15) is 5.44 Å². The van der Waals surface area contributed by atoms with E-state index in [4.69, 9.17) is 9.05 Å². The van der Waals surface area contributed by atoms with Gasteiger partial charge in [-0.2, -0.15) is 5.10 Å². The molecule has 1 heterocycles. The van der Waals surface area contributed by atoms with Crippen LogP contribution >= 0.6 is 23.5 Å². The molecule has 0 amide bonds. The molecule has 1 N–H and O–H groups in total. The van der Waals surface area contributed by atoms with Crippen molar-refractivity contribution in [1.29, 1.82) is 0 Å². The summed E-state index contributed by atoms with van der Waals surface area (Å²) in [6, 6.07) is 9.41. The molecular formula is C13H16BrN2O3P. The van der Waals surface area contributed by atoms with Crippen molar-refractivity contribution in [3.05, 3.63) is 34.8 Å². The van der Waals surface area contributed by atoms with E-state index in [1.165, 1.54) is 0 Å². The highest BCUT2D eigenvalue weighted by Crippen LogP contribution is 2.46. The van der Waals surface area contributed by atoms with Crippen LogP contribution in [0.15, 0.2) is 34.8 Å². The molecule has 1 aromatic heterocycles. The van der Waals surface area contributed by atoms with Gasteiger partial charge in [0, 0.05) is 10.0 Å². The van der Waals surface area contributed by atoms with E-state index in [0.717, 1.165) is 10.0 Å².